The van der Waals surface area contributed by atoms with Crippen molar-refractivity contribution in [3.05, 3.63) is 29.8 Å². The maximum absolute atomic E-state index is 11.8. The predicted octanol–water partition coefficient (Wildman–Crippen LogP) is 3.95. The second-order valence-electron chi connectivity index (χ2n) is 2.98. The number of alkyl halides is 4. The summed E-state index contributed by atoms with van der Waals surface area (Å²) in [4.78, 5) is 0. The molecular weight excluding hydrogens is 320 g/mol. The number of benzene rings is 1. The number of hydrogen-bond donors (Lipinski definition) is 0. The van der Waals surface area contributed by atoms with Gasteiger partial charge in [-0.15, -0.1) is 13.2 Å². The fourth-order valence-electron chi connectivity index (χ4n) is 1.13. The molecule has 1 rings (SSSR count). The van der Waals surface area contributed by atoms with Crippen LogP contribution >= 0.6 is 22.6 Å². The Labute approximate surface area is 99.8 Å². The molecule has 0 radical (unpaired) electrons. The fourth-order valence-corrected chi connectivity index (χ4v) is 1.51. The van der Waals surface area contributed by atoms with Gasteiger partial charge in [0.15, 0.2) is 0 Å². The molecule has 0 atom stereocenters. The number of aryl methyl sites for hydroxylation is 1. The van der Waals surface area contributed by atoms with Gasteiger partial charge in [0.25, 0.3) is 0 Å². The molecule has 0 heterocycles. The molecule has 1 nitrogen and oxygen atoms in total. The maximum atomic E-state index is 11.8. The van der Waals surface area contributed by atoms with Crippen molar-refractivity contribution in [3.8, 4) is 5.75 Å². The molecule has 0 unspecified atom stereocenters. The predicted molar refractivity (Wildman–Crippen MR) is 60.3 cm³/mol. The highest BCUT2D eigenvalue weighted by molar-refractivity contribution is 14.1. The van der Waals surface area contributed by atoms with Gasteiger partial charge in [0.05, 0.1) is 0 Å². The Morgan fingerprint density at radius 1 is 1.13 bits per heavy atom. The van der Waals surface area contributed by atoms with Crippen LogP contribution in [0.4, 0.5) is 13.2 Å². The first-order chi connectivity index (χ1) is 7.01. The first-order valence-electron chi connectivity index (χ1n) is 4.42. The van der Waals surface area contributed by atoms with Crippen LogP contribution in [0.3, 0.4) is 0 Å². The van der Waals surface area contributed by atoms with E-state index < -0.39 is 6.36 Å². The van der Waals surface area contributed by atoms with Gasteiger partial charge < -0.3 is 4.74 Å². The molecule has 1 aromatic rings. The highest BCUT2D eigenvalue weighted by atomic mass is 127. The van der Waals surface area contributed by atoms with Crippen LogP contribution in [0.25, 0.3) is 0 Å². The molecule has 0 N–H and O–H groups in total. The van der Waals surface area contributed by atoms with E-state index in [0.717, 1.165) is 22.8 Å². The van der Waals surface area contributed by atoms with Crippen LogP contribution in [-0.4, -0.2) is 10.8 Å². The molecular formula is C10H10F3IO. The summed E-state index contributed by atoms with van der Waals surface area (Å²) < 4.78 is 40.3. The summed E-state index contributed by atoms with van der Waals surface area (Å²) in [6.07, 6.45) is -2.70. The molecule has 15 heavy (non-hydrogen) atoms. The summed E-state index contributed by atoms with van der Waals surface area (Å²) in [5.74, 6) is -0.166. The van der Waals surface area contributed by atoms with E-state index in [1.807, 2.05) is 0 Å². The molecule has 0 saturated carbocycles. The molecule has 1 aromatic carbocycles. The lowest BCUT2D eigenvalue weighted by molar-refractivity contribution is -0.274. The van der Waals surface area contributed by atoms with Gasteiger partial charge in [0.1, 0.15) is 5.75 Å². The van der Waals surface area contributed by atoms with Crippen molar-refractivity contribution < 1.29 is 17.9 Å². The third kappa shape index (κ3) is 5.25. The first-order valence-corrected chi connectivity index (χ1v) is 5.94. The summed E-state index contributed by atoms with van der Waals surface area (Å²) >= 11 is 2.27. The Bertz CT molecular complexity index is 295. The molecule has 0 spiro atoms. The third-order valence-corrected chi connectivity index (χ3v) is 2.52. The minimum Gasteiger partial charge on any atom is -0.406 e. The Morgan fingerprint density at radius 2 is 1.73 bits per heavy atom. The zero-order valence-electron chi connectivity index (χ0n) is 7.85. The Balaban J connectivity index is 2.56. The van der Waals surface area contributed by atoms with Crippen molar-refractivity contribution in [1.82, 2.24) is 0 Å². The van der Waals surface area contributed by atoms with Crippen molar-refractivity contribution in [2.75, 3.05) is 4.43 Å². The second-order valence-corrected chi connectivity index (χ2v) is 4.06. The van der Waals surface area contributed by atoms with Crippen LogP contribution in [0.1, 0.15) is 12.0 Å². The highest BCUT2D eigenvalue weighted by Gasteiger charge is 2.30. The lowest BCUT2D eigenvalue weighted by Gasteiger charge is -2.08. The molecule has 0 aromatic heterocycles. The van der Waals surface area contributed by atoms with Crippen LogP contribution in [0.5, 0.6) is 5.75 Å². The van der Waals surface area contributed by atoms with E-state index in [0.29, 0.717) is 0 Å². The molecule has 84 valence electrons. The van der Waals surface area contributed by atoms with Crippen LogP contribution in [-0.2, 0) is 6.42 Å². The summed E-state index contributed by atoms with van der Waals surface area (Å²) in [6.45, 7) is 0. The average molecular weight is 330 g/mol. The fraction of sp³-hybridized carbons (Fsp3) is 0.400. The largest absolute Gasteiger partial charge is 0.573 e. The minimum absolute atomic E-state index is 0.166. The average Bonchev–Trinajstić information content (AvgIpc) is 2.14. The number of halogens is 4. The summed E-state index contributed by atoms with van der Waals surface area (Å²) in [5.41, 5.74) is 1.03. The maximum Gasteiger partial charge on any atom is 0.573 e. The molecule has 0 saturated heterocycles. The van der Waals surface area contributed by atoms with Gasteiger partial charge in [0, 0.05) is 0 Å². The topological polar surface area (TPSA) is 9.23 Å². The normalized spacial score (nSPS) is 11.5. The van der Waals surface area contributed by atoms with E-state index >= 15 is 0 Å². The van der Waals surface area contributed by atoms with Crippen LogP contribution in [0, 0.1) is 0 Å². The van der Waals surface area contributed by atoms with Gasteiger partial charge in [-0.1, -0.05) is 34.7 Å². The Kier molecular flexibility index (Phi) is 4.69. The number of rotatable bonds is 4. The number of hydrogen-bond acceptors (Lipinski definition) is 1. The SMILES string of the molecule is FC(F)(F)Oc1ccc(CCCI)cc1. The molecule has 0 amide bonds. The van der Waals surface area contributed by atoms with E-state index in [1.165, 1.54) is 12.1 Å². The van der Waals surface area contributed by atoms with Crippen molar-refractivity contribution in [2.45, 2.75) is 19.2 Å². The van der Waals surface area contributed by atoms with Gasteiger partial charge in [-0.2, -0.15) is 0 Å². The second kappa shape index (κ2) is 5.58. The van der Waals surface area contributed by atoms with Crippen molar-refractivity contribution in [3.63, 3.8) is 0 Å². The van der Waals surface area contributed by atoms with Gasteiger partial charge in [-0.25, -0.2) is 0 Å². The lowest BCUT2D eigenvalue weighted by Crippen LogP contribution is -2.17. The quantitative estimate of drug-likeness (QED) is 0.600. The molecule has 0 bridgehead atoms. The van der Waals surface area contributed by atoms with Crippen LogP contribution in [0.2, 0.25) is 0 Å². The van der Waals surface area contributed by atoms with Crippen molar-refractivity contribution in [2.24, 2.45) is 0 Å². The summed E-state index contributed by atoms with van der Waals surface area (Å²) in [5, 5.41) is 0. The van der Waals surface area contributed by atoms with Gasteiger partial charge >= 0.3 is 6.36 Å². The van der Waals surface area contributed by atoms with Gasteiger partial charge in [-0.05, 0) is 35.0 Å². The lowest BCUT2D eigenvalue weighted by atomic mass is 10.1. The first kappa shape index (κ1) is 12.6. The van der Waals surface area contributed by atoms with E-state index in [-0.39, 0.29) is 5.75 Å². The molecule has 0 aliphatic heterocycles. The van der Waals surface area contributed by atoms with Crippen molar-refractivity contribution >= 4 is 22.6 Å². The van der Waals surface area contributed by atoms with Crippen LogP contribution in [0.15, 0.2) is 24.3 Å². The van der Waals surface area contributed by atoms with E-state index in [9.17, 15) is 13.2 Å². The summed E-state index contributed by atoms with van der Waals surface area (Å²) in [6, 6.07) is 6.01. The Hall–Kier alpha value is -0.460. The van der Waals surface area contributed by atoms with Crippen LogP contribution < -0.4 is 4.74 Å². The zero-order valence-corrected chi connectivity index (χ0v) is 10.0. The Morgan fingerprint density at radius 3 is 2.20 bits per heavy atom. The van der Waals surface area contributed by atoms with Gasteiger partial charge in [-0.3, -0.25) is 0 Å². The molecule has 5 heteroatoms. The summed E-state index contributed by atoms with van der Waals surface area (Å²) in [7, 11) is 0. The van der Waals surface area contributed by atoms with Gasteiger partial charge in [0.2, 0.25) is 0 Å². The third-order valence-electron chi connectivity index (χ3n) is 1.76. The molecule has 0 fully saturated rings. The minimum atomic E-state index is -4.61. The standard InChI is InChI=1S/C10H10F3IO/c11-10(12,13)15-9-5-3-8(4-6-9)2-1-7-14/h3-6H,1-2,7H2. The number of ether oxygens (including phenoxy) is 1. The highest BCUT2D eigenvalue weighted by Crippen LogP contribution is 2.22. The smallest absolute Gasteiger partial charge is 0.406 e. The van der Waals surface area contributed by atoms with E-state index in [1.54, 1.807) is 12.1 Å². The molecule has 0 aliphatic rings. The zero-order chi connectivity index (χ0) is 11.3. The monoisotopic (exact) mass is 330 g/mol. The van der Waals surface area contributed by atoms with Crippen molar-refractivity contribution in [1.29, 1.82) is 0 Å². The van der Waals surface area contributed by atoms with E-state index in [2.05, 4.69) is 27.3 Å². The molecule has 0 aliphatic carbocycles. The van der Waals surface area contributed by atoms with E-state index in [4.69, 9.17) is 0 Å².